The molecule has 1 aromatic carbocycles. The molecular weight excluding hydrogens is 471 g/mol. The number of ether oxygens (including phenoxy) is 1. The zero-order chi connectivity index (χ0) is 23.2. The topological polar surface area (TPSA) is 100 Å². The fourth-order valence-electron chi connectivity index (χ4n) is 2.72. The molecule has 1 atom stereocenters. The van der Waals surface area contributed by atoms with Crippen LogP contribution in [0.4, 0.5) is 9.18 Å². The zero-order valence-corrected chi connectivity index (χ0v) is 19.3. The van der Waals surface area contributed by atoms with E-state index < -0.39 is 35.5 Å². The van der Waals surface area contributed by atoms with Crippen LogP contribution in [0, 0.1) is 10.7 Å². The van der Waals surface area contributed by atoms with Crippen LogP contribution in [-0.2, 0) is 22.5 Å². The van der Waals surface area contributed by atoms with Gasteiger partial charge in [-0.3, -0.25) is 4.79 Å². The summed E-state index contributed by atoms with van der Waals surface area (Å²) in [4.78, 5) is 41.6. The summed E-state index contributed by atoms with van der Waals surface area (Å²) in [6, 6.07) is 10.3. The number of carbonyl (C=O) groups is 2. The number of halogens is 2. The van der Waals surface area contributed by atoms with Gasteiger partial charge in [0.25, 0.3) is 6.54 Å². The van der Waals surface area contributed by atoms with Gasteiger partial charge < -0.3 is 10.1 Å². The number of hydrazine groups is 1. The number of nitrogens with zero attached hydrogens (tertiary/aromatic N) is 2. The second-order valence-electron chi connectivity index (χ2n) is 8.20. The van der Waals surface area contributed by atoms with Crippen LogP contribution in [0.3, 0.4) is 0 Å². The molecule has 2 N–H and O–H groups in total. The standard InChI is InChI=1S/C21H24BrFN4O4/c1-20(2,3)31-19(29)25-21(4,11-14-8-6-5-7-9-14)18(28)26-27(30)13-15-10-17(22)24-12-16(15)23/h5-10,12H,11,13H2,1-4H3,(H-,25,26,28,29,30)/p+1. The Bertz CT molecular complexity index is 966. The number of nitrogens with one attached hydrogen (secondary N) is 2. The quantitative estimate of drug-likeness (QED) is 0.345. The van der Waals surface area contributed by atoms with E-state index in [0.717, 1.165) is 11.8 Å². The average molecular weight is 496 g/mol. The average Bonchev–Trinajstić information content (AvgIpc) is 2.63. The Morgan fingerprint density at radius 2 is 1.84 bits per heavy atom. The molecule has 0 aliphatic carbocycles. The summed E-state index contributed by atoms with van der Waals surface area (Å²) in [5.41, 5.74) is 0.693. The third kappa shape index (κ3) is 7.71. The first-order valence-corrected chi connectivity index (χ1v) is 10.3. The molecule has 1 unspecified atom stereocenters. The van der Waals surface area contributed by atoms with Crippen LogP contribution in [0.25, 0.3) is 0 Å². The molecule has 10 heteroatoms. The molecule has 0 aliphatic rings. The lowest BCUT2D eigenvalue weighted by atomic mass is 9.92. The largest absolute Gasteiger partial charge is 0.444 e. The zero-order valence-electron chi connectivity index (χ0n) is 17.7. The van der Waals surface area contributed by atoms with E-state index in [4.69, 9.17) is 4.74 Å². The molecule has 166 valence electrons. The number of carbonyl (C=O) groups excluding carboxylic acids is 2. The second-order valence-corrected chi connectivity index (χ2v) is 9.01. The summed E-state index contributed by atoms with van der Waals surface area (Å²) in [5, 5.41) is 2.56. The van der Waals surface area contributed by atoms with E-state index in [9.17, 15) is 18.9 Å². The molecular formula is C21H25BrFN4O4+. The molecule has 1 aromatic heterocycles. The van der Waals surface area contributed by atoms with Gasteiger partial charge in [-0.2, -0.15) is 0 Å². The highest BCUT2D eigenvalue weighted by Gasteiger charge is 2.40. The first kappa shape index (κ1) is 24.4. The monoisotopic (exact) mass is 495 g/mol. The van der Waals surface area contributed by atoms with Crippen molar-refractivity contribution < 1.29 is 23.6 Å². The predicted molar refractivity (Wildman–Crippen MR) is 115 cm³/mol. The van der Waals surface area contributed by atoms with Crippen molar-refractivity contribution in [1.29, 1.82) is 0 Å². The van der Waals surface area contributed by atoms with Crippen molar-refractivity contribution in [2.45, 2.75) is 51.8 Å². The van der Waals surface area contributed by atoms with Gasteiger partial charge in [0.05, 0.1) is 16.7 Å². The van der Waals surface area contributed by atoms with Crippen LogP contribution < -0.4 is 10.7 Å². The van der Waals surface area contributed by atoms with E-state index in [1.165, 1.54) is 13.0 Å². The minimum atomic E-state index is -1.51. The van der Waals surface area contributed by atoms with E-state index in [2.05, 4.69) is 31.7 Å². The van der Waals surface area contributed by atoms with Crippen LogP contribution in [0.1, 0.15) is 38.8 Å². The van der Waals surface area contributed by atoms with Crippen LogP contribution >= 0.6 is 15.9 Å². The number of hydrogen-bond acceptors (Lipinski definition) is 5. The normalized spacial score (nSPS) is 13.1. The van der Waals surface area contributed by atoms with Gasteiger partial charge in [0.15, 0.2) is 5.82 Å². The molecule has 2 aromatic rings. The molecule has 0 fully saturated rings. The smallest absolute Gasteiger partial charge is 0.408 e. The van der Waals surface area contributed by atoms with Gasteiger partial charge in [-0.05, 0) is 55.3 Å². The van der Waals surface area contributed by atoms with E-state index in [1.807, 2.05) is 6.07 Å². The van der Waals surface area contributed by atoms with E-state index in [-0.39, 0.29) is 16.9 Å². The maximum atomic E-state index is 13.9. The first-order chi connectivity index (χ1) is 14.4. The molecule has 2 rings (SSSR count). The molecule has 0 saturated carbocycles. The minimum Gasteiger partial charge on any atom is -0.444 e. The predicted octanol–water partition coefficient (Wildman–Crippen LogP) is 3.82. The highest BCUT2D eigenvalue weighted by molar-refractivity contribution is 9.10. The van der Waals surface area contributed by atoms with Crippen LogP contribution in [-0.4, -0.2) is 33.0 Å². The van der Waals surface area contributed by atoms with Crippen LogP contribution in [0.15, 0.2) is 47.2 Å². The van der Waals surface area contributed by atoms with Crippen molar-refractivity contribution in [2.24, 2.45) is 0 Å². The van der Waals surface area contributed by atoms with Crippen molar-refractivity contribution in [2.75, 3.05) is 0 Å². The van der Waals surface area contributed by atoms with Gasteiger partial charge in [-0.25, -0.2) is 14.2 Å². The number of nitroso groups, excluding NO2 is 1. The Kier molecular flexibility index (Phi) is 7.83. The molecule has 31 heavy (non-hydrogen) atoms. The number of pyridine rings is 1. The fourth-order valence-corrected chi connectivity index (χ4v) is 3.10. The van der Waals surface area contributed by atoms with Gasteiger partial charge in [-0.15, -0.1) is 0 Å². The molecule has 0 spiro atoms. The summed E-state index contributed by atoms with van der Waals surface area (Å²) < 4.78 is 19.5. The van der Waals surface area contributed by atoms with Gasteiger partial charge in [0.2, 0.25) is 0 Å². The number of amides is 2. The summed E-state index contributed by atoms with van der Waals surface area (Å²) >= 11 is 3.11. The highest BCUT2D eigenvalue weighted by atomic mass is 79.9. The Balaban J connectivity index is 2.19. The Hall–Kier alpha value is -2.88. The van der Waals surface area contributed by atoms with Crippen LogP contribution in [0.2, 0.25) is 0 Å². The van der Waals surface area contributed by atoms with Crippen molar-refractivity contribution in [3.8, 4) is 0 Å². The third-order valence-electron chi connectivity index (χ3n) is 4.12. The summed E-state index contributed by atoms with van der Waals surface area (Å²) in [6.45, 7) is 6.12. The lowest BCUT2D eigenvalue weighted by Gasteiger charge is -2.29. The minimum absolute atomic E-state index is 0.0436. The molecule has 2 amide bonds. The van der Waals surface area contributed by atoms with Crippen molar-refractivity contribution in [3.63, 3.8) is 0 Å². The van der Waals surface area contributed by atoms with E-state index >= 15 is 0 Å². The summed E-state index contributed by atoms with van der Waals surface area (Å²) in [5.74, 6) is -1.46. The first-order valence-electron chi connectivity index (χ1n) is 9.49. The fraction of sp³-hybridized carbons (Fsp3) is 0.381. The summed E-state index contributed by atoms with van der Waals surface area (Å²) in [7, 11) is 0. The number of aromatic nitrogens is 1. The Morgan fingerprint density at radius 1 is 1.19 bits per heavy atom. The molecule has 1 heterocycles. The molecule has 0 bridgehead atoms. The highest BCUT2D eigenvalue weighted by Crippen LogP contribution is 2.17. The molecule has 0 saturated heterocycles. The number of rotatable bonds is 7. The molecule has 0 aliphatic heterocycles. The Morgan fingerprint density at radius 3 is 2.45 bits per heavy atom. The number of benzene rings is 1. The molecule has 0 radical (unpaired) electrons. The lowest BCUT2D eigenvalue weighted by molar-refractivity contribution is -0.610. The third-order valence-corrected chi connectivity index (χ3v) is 4.55. The number of hydrogen-bond donors (Lipinski definition) is 2. The van der Waals surface area contributed by atoms with Gasteiger partial charge in [0, 0.05) is 6.42 Å². The lowest BCUT2D eigenvalue weighted by Crippen LogP contribution is -2.60. The van der Waals surface area contributed by atoms with E-state index in [1.54, 1.807) is 45.0 Å². The van der Waals surface area contributed by atoms with Crippen LogP contribution in [0.5, 0.6) is 0 Å². The summed E-state index contributed by atoms with van der Waals surface area (Å²) in [6.07, 6.45) is 0.267. The Labute approximate surface area is 188 Å². The van der Waals surface area contributed by atoms with Gasteiger partial charge in [0.1, 0.15) is 20.6 Å². The SMILES string of the molecule is CC(C)(C)OC(=O)NC(C)(Cc1ccccc1)C(=O)N[N+](=O)Cc1cc(Br)ncc1F. The van der Waals surface area contributed by atoms with Crippen molar-refractivity contribution >= 4 is 27.9 Å². The maximum absolute atomic E-state index is 13.9. The van der Waals surface area contributed by atoms with Crippen molar-refractivity contribution in [3.05, 3.63) is 69.0 Å². The number of alkyl carbamates (subject to hydrolysis) is 1. The maximum Gasteiger partial charge on any atom is 0.408 e. The van der Waals surface area contributed by atoms with Gasteiger partial charge >= 0.3 is 12.0 Å². The second kappa shape index (κ2) is 9.95. The van der Waals surface area contributed by atoms with Gasteiger partial charge in [-0.1, -0.05) is 35.8 Å². The molecule has 8 nitrogen and oxygen atoms in total. The van der Waals surface area contributed by atoms with E-state index in [0.29, 0.717) is 4.60 Å². The van der Waals surface area contributed by atoms with Crippen molar-refractivity contribution in [1.82, 2.24) is 15.7 Å².